The Morgan fingerprint density at radius 2 is 2.16 bits per heavy atom. The highest BCUT2D eigenvalue weighted by atomic mass is 32.2. The molecule has 0 spiro atoms. The number of hydrogen-bond donors (Lipinski definition) is 2. The Morgan fingerprint density at radius 3 is 2.74 bits per heavy atom. The quantitative estimate of drug-likeness (QED) is 0.815. The number of amidine groups is 1. The van der Waals surface area contributed by atoms with E-state index in [-0.39, 0.29) is 11.4 Å². The van der Waals surface area contributed by atoms with Crippen molar-refractivity contribution in [2.75, 3.05) is 13.1 Å². The highest BCUT2D eigenvalue weighted by Gasteiger charge is 2.20. The predicted molar refractivity (Wildman–Crippen MR) is 83.7 cm³/mol. The second-order valence-electron chi connectivity index (χ2n) is 6.49. The Hall–Kier alpha value is -0.710. The number of nitrogens with zero attached hydrogens (tertiary/aromatic N) is 1. The van der Waals surface area contributed by atoms with E-state index in [1.807, 2.05) is 32.5 Å². The molecular formula is C14H27N3OS. The highest BCUT2D eigenvalue weighted by molar-refractivity contribution is 8.14. The van der Waals surface area contributed by atoms with Gasteiger partial charge in [0.25, 0.3) is 0 Å². The van der Waals surface area contributed by atoms with E-state index in [1.165, 1.54) is 6.42 Å². The van der Waals surface area contributed by atoms with Crippen LogP contribution in [0.4, 0.5) is 0 Å². The maximum atomic E-state index is 11.6. The number of carbonyl (C=O) groups is 1. The lowest BCUT2D eigenvalue weighted by Crippen LogP contribution is -2.41. The van der Waals surface area contributed by atoms with Gasteiger partial charge in [-0.25, -0.2) is 0 Å². The fraction of sp³-hybridized carbons (Fsp3) is 0.857. The minimum absolute atomic E-state index is 0.0855. The van der Waals surface area contributed by atoms with Crippen molar-refractivity contribution in [2.24, 2.45) is 10.9 Å². The molecule has 1 heterocycles. The number of hydrogen-bond acceptors (Lipinski definition) is 4. The lowest BCUT2D eigenvalue weighted by molar-refractivity contribution is -0.122. The zero-order valence-corrected chi connectivity index (χ0v) is 13.6. The van der Waals surface area contributed by atoms with E-state index in [0.29, 0.717) is 24.1 Å². The molecule has 0 saturated carbocycles. The molecule has 0 saturated heterocycles. The van der Waals surface area contributed by atoms with Crippen molar-refractivity contribution in [3.8, 4) is 0 Å². The average Bonchev–Trinajstić information content (AvgIpc) is 2.61. The normalized spacial score (nSPS) is 19.5. The Morgan fingerprint density at radius 1 is 1.47 bits per heavy atom. The monoisotopic (exact) mass is 285 g/mol. The Kier molecular flexibility index (Phi) is 6.17. The van der Waals surface area contributed by atoms with Crippen molar-refractivity contribution in [3.05, 3.63) is 0 Å². The second-order valence-corrected chi connectivity index (χ2v) is 7.78. The first-order valence-electron chi connectivity index (χ1n) is 7.02. The van der Waals surface area contributed by atoms with E-state index in [9.17, 15) is 4.79 Å². The second kappa shape index (κ2) is 7.17. The minimum atomic E-state index is -0.154. The van der Waals surface area contributed by atoms with Gasteiger partial charge in [-0.1, -0.05) is 25.6 Å². The maximum Gasteiger partial charge on any atom is 0.222 e. The van der Waals surface area contributed by atoms with Gasteiger partial charge >= 0.3 is 0 Å². The summed E-state index contributed by atoms with van der Waals surface area (Å²) in [4.78, 5) is 16.1. The Bertz CT molecular complexity index is 334. The molecule has 1 rings (SSSR count). The molecule has 0 aromatic rings. The van der Waals surface area contributed by atoms with Crippen molar-refractivity contribution in [1.29, 1.82) is 0 Å². The molecule has 1 aliphatic heterocycles. The summed E-state index contributed by atoms with van der Waals surface area (Å²) in [7, 11) is 0. The number of amides is 1. The van der Waals surface area contributed by atoms with Gasteiger partial charge in [-0.3, -0.25) is 9.79 Å². The van der Waals surface area contributed by atoms with Crippen molar-refractivity contribution in [3.63, 3.8) is 0 Å². The summed E-state index contributed by atoms with van der Waals surface area (Å²) in [6.07, 6.45) is 1.69. The zero-order chi connectivity index (χ0) is 14.5. The molecule has 0 radical (unpaired) electrons. The number of carbonyl (C=O) groups excluding carboxylic acids is 1. The predicted octanol–water partition coefficient (Wildman–Crippen LogP) is 2.40. The van der Waals surface area contributed by atoms with Crippen molar-refractivity contribution < 1.29 is 4.79 Å². The van der Waals surface area contributed by atoms with Crippen LogP contribution in [0.2, 0.25) is 0 Å². The van der Waals surface area contributed by atoms with E-state index in [4.69, 9.17) is 0 Å². The number of nitrogens with one attached hydrogen (secondary N) is 2. The van der Waals surface area contributed by atoms with Crippen molar-refractivity contribution >= 4 is 22.8 Å². The third kappa shape index (κ3) is 7.45. The standard InChI is InChI=1S/C14H27N3OS/c1-10(2)8-11-9-16-13(19-11)15-7-6-12(18)17-14(3,4)5/h10-11H,6-9H2,1-5H3,(H,15,16)(H,17,18). The van der Waals surface area contributed by atoms with Gasteiger partial charge in [0.2, 0.25) is 5.91 Å². The fourth-order valence-corrected chi connectivity index (χ4v) is 3.21. The SMILES string of the molecule is CC(C)CC1CN=C(NCCC(=O)NC(C)(C)C)S1. The summed E-state index contributed by atoms with van der Waals surface area (Å²) in [5, 5.41) is 7.80. The molecule has 0 aliphatic carbocycles. The van der Waals surface area contributed by atoms with Gasteiger partial charge in [0, 0.05) is 23.8 Å². The van der Waals surface area contributed by atoms with Crippen LogP contribution in [0.25, 0.3) is 0 Å². The van der Waals surface area contributed by atoms with Gasteiger partial charge in [-0.05, 0) is 33.1 Å². The third-order valence-corrected chi connectivity index (χ3v) is 3.77. The molecule has 2 N–H and O–H groups in total. The van der Waals surface area contributed by atoms with Gasteiger partial charge in [-0.2, -0.15) is 0 Å². The molecule has 1 amide bonds. The van der Waals surface area contributed by atoms with E-state index >= 15 is 0 Å². The minimum Gasteiger partial charge on any atom is -0.364 e. The lowest BCUT2D eigenvalue weighted by Gasteiger charge is -2.20. The lowest BCUT2D eigenvalue weighted by atomic mass is 10.1. The fourth-order valence-electron chi connectivity index (χ4n) is 1.93. The van der Waals surface area contributed by atoms with Crippen LogP contribution in [0.5, 0.6) is 0 Å². The summed E-state index contributed by atoms with van der Waals surface area (Å²) in [5.41, 5.74) is -0.154. The van der Waals surface area contributed by atoms with Gasteiger partial charge < -0.3 is 10.6 Å². The van der Waals surface area contributed by atoms with E-state index in [0.717, 1.165) is 11.7 Å². The van der Waals surface area contributed by atoms with Crippen LogP contribution in [0.3, 0.4) is 0 Å². The van der Waals surface area contributed by atoms with Crippen LogP contribution in [0, 0.1) is 5.92 Å². The van der Waals surface area contributed by atoms with Gasteiger partial charge in [0.15, 0.2) is 5.17 Å². The average molecular weight is 285 g/mol. The molecule has 0 fully saturated rings. The molecule has 19 heavy (non-hydrogen) atoms. The summed E-state index contributed by atoms with van der Waals surface area (Å²) in [6.45, 7) is 12.0. The van der Waals surface area contributed by atoms with Crippen LogP contribution in [0.1, 0.15) is 47.5 Å². The number of rotatable bonds is 5. The third-order valence-electron chi connectivity index (χ3n) is 2.59. The van der Waals surface area contributed by atoms with Crippen molar-refractivity contribution in [2.45, 2.75) is 58.2 Å². The van der Waals surface area contributed by atoms with Crippen LogP contribution in [-0.2, 0) is 4.79 Å². The summed E-state index contributed by atoms with van der Waals surface area (Å²) >= 11 is 1.81. The molecule has 0 bridgehead atoms. The number of aliphatic imine (C=N–C) groups is 1. The molecule has 1 unspecified atom stereocenters. The van der Waals surface area contributed by atoms with Crippen LogP contribution >= 0.6 is 11.8 Å². The van der Waals surface area contributed by atoms with Crippen LogP contribution in [-0.4, -0.2) is 35.0 Å². The molecule has 1 atom stereocenters. The van der Waals surface area contributed by atoms with Crippen LogP contribution in [0.15, 0.2) is 4.99 Å². The summed E-state index contributed by atoms with van der Waals surface area (Å²) < 4.78 is 0. The molecule has 110 valence electrons. The summed E-state index contributed by atoms with van der Waals surface area (Å²) in [5.74, 6) is 0.798. The van der Waals surface area contributed by atoms with Gasteiger partial charge in [0.05, 0.1) is 6.54 Å². The Labute approximate surface area is 121 Å². The maximum absolute atomic E-state index is 11.6. The zero-order valence-electron chi connectivity index (χ0n) is 12.7. The Balaban J connectivity index is 2.16. The largest absolute Gasteiger partial charge is 0.364 e. The highest BCUT2D eigenvalue weighted by Crippen LogP contribution is 2.25. The summed E-state index contributed by atoms with van der Waals surface area (Å²) in [6, 6.07) is 0. The van der Waals surface area contributed by atoms with Crippen molar-refractivity contribution in [1.82, 2.24) is 10.6 Å². The van der Waals surface area contributed by atoms with E-state index in [2.05, 4.69) is 29.5 Å². The van der Waals surface area contributed by atoms with E-state index < -0.39 is 0 Å². The first kappa shape index (κ1) is 16.3. The molecular weight excluding hydrogens is 258 g/mol. The molecule has 0 aromatic carbocycles. The van der Waals surface area contributed by atoms with Gasteiger partial charge in [0.1, 0.15) is 0 Å². The molecule has 0 aromatic heterocycles. The first-order valence-corrected chi connectivity index (χ1v) is 7.90. The smallest absolute Gasteiger partial charge is 0.222 e. The first-order chi connectivity index (χ1) is 8.76. The van der Waals surface area contributed by atoms with Gasteiger partial charge in [-0.15, -0.1) is 0 Å². The molecule has 5 heteroatoms. The number of thioether (sulfide) groups is 1. The molecule has 4 nitrogen and oxygen atoms in total. The van der Waals surface area contributed by atoms with Crippen LogP contribution < -0.4 is 10.6 Å². The molecule has 1 aliphatic rings. The van der Waals surface area contributed by atoms with E-state index in [1.54, 1.807) is 0 Å². The topological polar surface area (TPSA) is 53.5 Å².